The molecule has 0 spiro atoms. The van der Waals surface area contributed by atoms with Crippen LogP contribution in [-0.4, -0.2) is 27.7 Å². The van der Waals surface area contributed by atoms with E-state index in [1.54, 1.807) is 18.9 Å². The number of thioether (sulfide) groups is 1. The molecule has 0 amide bonds. The summed E-state index contributed by atoms with van der Waals surface area (Å²) in [6.45, 7) is 0. The molecule has 2 rings (SSSR count). The van der Waals surface area contributed by atoms with Crippen LogP contribution in [0.25, 0.3) is 0 Å². The summed E-state index contributed by atoms with van der Waals surface area (Å²) in [6.07, 6.45) is 0. The number of nitrogens with zero attached hydrogens (tertiary/aromatic N) is 3. The third kappa shape index (κ3) is 2.69. The lowest BCUT2D eigenvalue weighted by Crippen LogP contribution is -1.85. The first-order valence-electron chi connectivity index (χ1n) is 4.37. The Morgan fingerprint density at radius 1 is 1.33 bits per heavy atom. The van der Waals surface area contributed by atoms with Crippen molar-refractivity contribution in [3.05, 3.63) is 30.1 Å². The van der Waals surface area contributed by atoms with Crippen molar-refractivity contribution in [1.82, 2.24) is 20.6 Å². The molecule has 0 unspecified atom stereocenters. The molecule has 1 aromatic heterocycles. The SMILES string of the molecule is COc1ccc(SCc2nn[nH]n2)cc1. The topological polar surface area (TPSA) is 63.7 Å². The van der Waals surface area contributed by atoms with Gasteiger partial charge in [0.05, 0.1) is 12.9 Å². The number of H-pyrrole nitrogens is 1. The summed E-state index contributed by atoms with van der Waals surface area (Å²) in [5.41, 5.74) is 0. The highest BCUT2D eigenvalue weighted by Crippen LogP contribution is 2.23. The zero-order valence-corrected chi connectivity index (χ0v) is 8.99. The van der Waals surface area contributed by atoms with Crippen LogP contribution < -0.4 is 4.74 Å². The lowest BCUT2D eigenvalue weighted by molar-refractivity contribution is 0.414. The first kappa shape index (κ1) is 9.97. The number of nitrogens with one attached hydrogen (secondary N) is 1. The maximum Gasteiger partial charge on any atom is 0.184 e. The minimum Gasteiger partial charge on any atom is -0.497 e. The highest BCUT2D eigenvalue weighted by Gasteiger charge is 2.00. The van der Waals surface area contributed by atoms with Crippen molar-refractivity contribution in [2.45, 2.75) is 10.6 Å². The van der Waals surface area contributed by atoms with Crippen molar-refractivity contribution >= 4 is 11.8 Å². The Kier molecular flexibility index (Phi) is 3.18. The van der Waals surface area contributed by atoms with Crippen molar-refractivity contribution in [3.8, 4) is 5.75 Å². The smallest absolute Gasteiger partial charge is 0.184 e. The van der Waals surface area contributed by atoms with Crippen LogP contribution in [0.5, 0.6) is 5.75 Å². The maximum absolute atomic E-state index is 5.07. The number of aromatic nitrogens is 4. The number of hydrogen-bond donors (Lipinski definition) is 1. The van der Waals surface area contributed by atoms with E-state index in [1.165, 1.54) is 0 Å². The summed E-state index contributed by atoms with van der Waals surface area (Å²) >= 11 is 1.66. The fourth-order valence-corrected chi connectivity index (χ4v) is 1.81. The van der Waals surface area contributed by atoms with E-state index < -0.39 is 0 Å². The van der Waals surface area contributed by atoms with Gasteiger partial charge in [-0.15, -0.1) is 22.0 Å². The summed E-state index contributed by atoms with van der Waals surface area (Å²) in [4.78, 5) is 1.15. The Balaban J connectivity index is 1.93. The van der Waals surface area contributed by atoms with Crippen molar-refractivity contribution in [2.75, 3.05) is 7.11 Å². The van der Waals surface area contributed by atoms with Gasteiger partial charge in [0.25, 0.3) is 0 Å². The van der Waals surface area contributed by atoms with E-state index in [0.717, 1.165) is 10.6 Å². The van der Waals surface area contributed by atoms with Gasteiger partial charge < -0.3 is 4.74 Å². The van der Waals surface area contributed by atoms with Crippen LogP contribution in [0.15, 0.2) is 29.2 Å². The summed E-state index contributed by atoms with van der Waals surface area (Å²) in [5.74, 6) is 2.28. The second-order valence-electron chi connectivity index (χ2n) is 2.79. The van der Waals surface area contributed by atoms with Gasteiger partial charge in [-0.25, -0.2) is 0 Å². The number of hydrogen-bond acceptors (Lipinski definition) is 5. The molecule has 1 N–H and O–H groups in total. The molecule has 78 valence electrons. The van der Waals surface area contributed by atoms with Gasteiger partial charge in [-0.1, -0.05) is 5.21 Å². The minimum absolute atomic E-state index is 0.704. The summed E-state index contributed by atoms with van der Waals surface area (Å²) in [6, 6.07) is 7.87. The van der Waals surface area contributed by atoms with Gasteiger partial charge in [0.2, 0.25) is 0 Å². The minimum atomic E-state index is 0.704. The highest BCUT2D eigenvalue weighted by molar-refractivity contribution is 7.98. The molecule has 1 heterocycles. The van der Waals surface area contributed by atoms with Crippen molar-refractivity contribution in [1.29, 1.82) is 0 Å². The number of tetrazole rings is 1. The van der Waals surface area contributed by atoms with Gasteiger partial charge in [-0.3, -0.25) is 0 Å². The molecule has 0 saturated heterocycles. The van der Waals surface area contributed by atoms with Crippen LogP contribution in [0.2, 0.25) is 0 Å². The summed E-state index contributed by atoms with van der Waals surface area (Å²) in [5, 5.41) is 13.7. The molecule has 6 heteroatoms. The van der Waals surface area contributed by atoms with Crippen molar-refractivity contribution < 1.29 is 4.74 Å². The molecule has 0 bridgehead atoms. The van der Waals surface area contributed by atoms with Crippen LogP contribution in [0, 0.1) is 0 Å². The molecule has 0 aliphatic heterocycles. The molecule has 0 saturated carbocycles. The van der Waals surface area contributed by atoms with E-state index in [9.17, 15) is 0 Å². The highest BCUT2D eigenvalue weighted by atomic mass is 32.2. The standard InChI is InChI=1S/C9H10N4OS/c1-14-7-2-4-8(5-3-7)15-6-9-10-12-13-11-9/h2-5H,6H2,1H3,(H,10,11,12,13). The molecule has 5 nitrogen and oxygen atoms in total. The number of ether oxygens (including phenoxy) is 1. The lowest BCUT2D eigenvalue weighted by Gasteiger charge is -2.01. The number of methoxy groups -OCH3 is 1. The van der Waals surface area contributed by atoms with Gasteiger partial charge in [0, 0.05) is 4.90 Å². The van der Waals surface area contributed by atoms with Crippen molar-refractivity contribution in [3.63, 3.8) is 0 Å². The molecule has 1 aromatic carbocycles. The zero-order chi connectivity index (χ0) is 10.5. The predicted molar refractivity (Wildman–Crippen MR) is 56.7 cm³/mol. The molecule has 0 radical (unpaired) electrons. The second-order valence-corrected chi connectivity index (χ2v) is 3.84. The van der Waals surface area contributed by atoms with E-state index in [-0.39, 0.29) is 0 Å². The van der Waals surface area contributed by atoms with E-state index in [4.69, 9.17) is 4.74 Å². The Hall–Kier alpha value is -1.56. The molecule has 0 fully saturated rings. The Labute approximate surface area is 91.2 Å². The third-order valence-electron chi connectivity index (χ3n) is 1.82. The fraction of sp³-hybridized carbons (Fsp3) is 0.222. The fourth-order valence-electron chi connectivity index (χ4n) is 1.06. The number of rotatable bonds is 4. The Bertz CT molecular complexity index is 401. The van der Waals surface area contributed by atoms with E-state index in [0.29, 0.717) is 11.6 Å². The zero-order valence-electron chi connectivity index (χ0n) is 8.17. The van der Waals surface area contributed by atoms with Crippen LogP contribution in [-0.2, 0) is 5.75 Å². The monoisotopic (exact) mass is 222 g/mol. The van der Waals surface area contributed by atoms with Gasteiger partial charge in [0.15, 0.2) is 5.82 Å². The van der Waals surface area contributed by atoms with Crippen LogP contribution >= 0.6 is 11.8 Å². The molecule has 2 aromatic rings. The lowest BCUT2D eigenvalue weighted by atomic mass is 10.3. The number of aromatic amines is 1. The predicted octanol–water partition coefficient (Wildman–Crippen LogP) is 1.50. The quantitative estimate of drug-likeness (QED) is 0.794. The van der Waals surface area contributed by atoms with Gasteiger partial charge in [-0.05, 0) is 24.3 Å². The molecule has 0 aliphatic carbocycles. The number of benzene rings is 1. The first-order chi connectivity index (χ1) is 7.38. The summed E-state index contributed by atoms with van der Waals surface area (Å²) < 4.78 is 5.07. The average Bonchev–Trinajstić information content (AvgIpc) is 2.80. The average molecular weight is 222 g/mol. The Morgan fingerprint density at radius 3 is 2.73 bits per heavy atom. The molecular formula is C9H10N4OS. The van der Waals surface area contributed by atoms with E-state index in [2.05, 4.69) is 20.6 Å². The van der Waals surface area contributed by atoms with Gasteiger partial charge in [-0.2, -0.15) is 5.21 Å². The van der Waals surface area contributed by atoms with Crippen LogP contribution in [0.4, 0.5) is 0 Å². The van der Waals surface area contributed by atoms with Gasteiger partial charge >= 0.3 is 0 Å². The maximum atomic E-state index is 5.07. The third-order valence-corrected chi connectivity index (χ3v) is 2.82. The Morgan fingerprint density at radius 2 is 2.13 bits per heavy atom. The van der Waals surface area contributed by atoms with Gasteiger partial charge in [0.1, 0.15) is 5.75 Å². The van der Waals surface area contributed by atoms with Crippen LogP contribution in [0.3, 0.4) is 0 Å². The normalized spacial score (nSPS) is 10.2. The summed E-state index contributed by atoms with van der Waals surface area (Å²) in [7, 11) is 1.65. The molecule has 15 heavy (non-hydrogen) atoms. The molecular weight excluding hydrogens is 212 g/mol. The van der Waals surface area contributed by atoms with E-state index >= 15 is 0 Å². The van der Waals surface area contributed by atoms with E-state index in [1.807, 2.05) is 24.3 Å². The first-order valence-corrected chi connectivity index (χ1v) is 5.36. The molecule has 0 atom stereocenters. The van der Waals surface area contributed by atoms with Crippen LogP contribution in [0.1, 0.15) is 5.82 Å². The molecule has 0 aliphatic rings. The van der Waals surface area contributed by atoms with Crippen molar-refractivity contribution in [2.24, 2.45) is 0 Å². The second kappa shape index (κ2) is 4.79. The largest absolute Gasteiger partial charge is 0.497 e.